The maximum atomic E-state index is 12.6. The second-order valence-electron chi connectivity index (χ2n) is 5.88. The highest BCUT2D eigenvalue weighted by Crippen LogP contribution is 2.10. The first-order chi connectivity index (χ1) is 13.5. The third-order valence-corrected chi connectivity index (χ3v) is 4.49. The summed E-state index contributed by atoms with van der Waals surface area (Å²) in [5.74, 6) is 0.0720. The maximum Gasteiger partial charge on any atom is 0.374 e. The van der Waals surface area contributed by atoms with Gasteiger partial charge in [-0.3, -0.25) is 9.59 Å². The van der Waals surface area contributed by atoms with Crippen molar-refractivity contribution in [3.63, 3.8) is 0 Å². The molecule has 2 amide bonds. The van der Waals surface area contributed by atoms with Crippen LogP contribution in [0.15, 0.2) is 46.9 Å². The Balaban J connectivity index is 1.95. The van der Waals surface area contributed by atoms with Crippen LogP contribution in [0.3, 0.4) is 0 Å². The van der Waals surface area contributed by atoms with Gasteiger partial charge >= 0.3 is 5.97 Å². The second kappa shape index (κ2) is 11.2. The van der Waals surface area contributed by atoms with Gasteiger partial charge in [-0.15, -0.1) is 0 Å². The Morgan fingerprint density at radius 1 is 1.14 bits per heavy atom. The first-order valence-corrected chi connectivity index (χ1v) is 10.3. The molecule has 0 saturated carbocycles. The first-order valence-electron chi connectivity index (χ1n) is 8.93. The third-order valence-electron chi connectivity index (χ3n) is 3.84. The number of furan rings is 1. The second-order valence-corrected chi connectivity index (χ2v) is 6.86. The summed E-state index contributed by atoms with van der Waals surface area (Å²) in [6.07, 6.45) is 2.44. The lowest BCUT2D eigenvalue weighted by Crippen LogP contribution is -2.46. The molecule has 0 aliphatic carbocycles. The number of rotatable bonds is 10. The lowest BCUT2D eigenvalue weighted by atomic mass is 10.1. The van der Waals surface area contributed by atoms with Gasteiger partial charge in [0, 0.05) is 5.56 Å². The van der Waals surface area contributed by atoms with Crippen LogP contribution in [-0.2, 0) is 16.1 Å². The highest BCUT2D eigenvalue weighted by Gasteiger charge is 2.21. The maximum absolute atomic E-state index is 12.6. The quantitative estimate of drug-likeness (QED) is 0.591. The zero-order valence-electron chi connectivity index (χ0n) is 15.9. The molecule has 2 N–H and O–H groups in total. The molecule has 2 rings (SSSR count). The number of carbonyl (C=O) groups is 3. The fourth-order valence-corrected chi connectivity index (χ4v) is 2.89. The Hall–Kier alpha value is -2.74. The van der Waals surface area contributed by atoms with E-state index in [9.17, 15) is 14.4 Å². The van der Waals surface area contributed by atoms with E-state index in [-0.39, 0.29) is 30.7 Å². The summed E-state index contributed by atoms with van der Waals surface area (Å²) < 4.78 is 10.2. The summed E-state index contributed by atoms with van der Waals surface area (Å²) in [5.41, 5.74) is 0.495. The number of hydrogen-bond donors (Lipinski definition) is 2. The number of carbonyl (C=O) groups excluding carboxylic acids is 3. The van der Waals surface area contributed by atoms with Gasteiger partial charge in [0.2, 0.25) is 11.7 Å². The highest BCUT2D eigenvalue weighted by molar-refractivity contribution is 7.98. The molecule has 2 aromatic rings. The number of nitrogens with one attached hydrogen (secondary N) is 2. The van der Waals surface area contributed by atoms with Gasteiger partial charge in [-0.2, -0.15) is 11.8 Å². The van der Waals surface area contributed by atoms with Gasteiger partial charge in [-0.1, -0.05) is 18.2 Å². The molecule has 150 valence electrons. The predicted molar refractivity (Wildman–Crippen MR) is 107 cm³/mol. The smallest absolute Gasteiger partial charge is 0.374 e. The predicted octanol–water partition coefficient (Wildman–Crippen LogP) is 2.62. The van der Waals surface area contributed by atoms with Gasteiger partial charge in [0.25, 0.3) is 5.91 Å². The Labute approximate surface area is 168 Å². The fraction of sp³-hybridized carbons (Fsp3) is 0.350. The van der Waals surface area contributed by atoms with Crippen molar-refractivity contribution in [2.24, 2.45) is 0 Å². The largest absolute Gasteiger partial charge is 0.460 e. The van der Waals surface area contributed by atoms with Crippen molar-refractivity contribution >= 4 is 29.5 Å². The molecular weight excluding hydrogens is 380 g/mol. The van der Waals surface area contributed by atoms with Crippen molar-refractivity contribution in [3.8, 4) is 0 Å². The van der Waals surface area contributed by atoms with Crippen LogP contribution in [0.1, 0.15) is 40.0 Å². The molecule has 0 bridgehead atoms. The van der Waals surface area contributed by atoms with Crippen molar-refractivity contribution in [1.82, 2.24) is 10.6 Å². The van der Waals surface area contributed by atoms with Gasteiger partial charge in [-0.25, -0.2) is 4.79 Å². The van der Waals surface area contributed by atoms with Crippen molar-refractivity contribution in [3.05, 3.63) is 59.5 Å². The monoisotopic (exact) mass is 404 g/mol. The molecular formula is C20H24N2O5S. The third kappa shape index (κ3) is 6.45. The zero-order chi connectivity index (χ0) is 20.4. The number of hydrogen-bond acceptors (Lipinski definition) is 6. The van der Waals surface area contributed by atoms with Gasteiger partial charge in [-0.05, 0) is 49.6 Å². The van der Waals surface area contributed by atoms with Gasteiger partial charge < -0.3 is 19.8 Å². The lowest BCUT2D eigenvalue weighted by molar-refractivity contribution is -0.123. The SMILES string of the molecule is CCOC(=O)c1ccc(CNC(=O)[C@@H](CCSC)NC(=O)c2ccccc2)o1. The Morgan fingerprint density at radius 3 is 2.57 bits per heavy atom. The summed E-state index contributed by atoms with van der Waals surface area (Å²) in [4.78, 5) is 36.6. The molecule has 1 aromatic heterocycles. The number of thioether (sulfide) groups is 1. The average Bonchev–Trinajstić information content (AvgIpc) is 3.19. The Kier molecular flexibility index (Phi) is 8.61. The summed E-state index contributed by atoms with van der Waals surface area (Å²) in [6, 6.07) is 11.2. The van der Waals surface area contributed by atoms with E-state index in [1.54, 1.807) is 49.0 Å². The van der Waals surface area contributed by atoms with Crippen LogP contribution in [0, 0.1) is 0 Å². The van der Waals surface area contributed by atoms with Gasteiger partial charge in [0.1, 0.15) is 11.8 Å². The summed E-state index contributed by atoms with van der Waals surface area (Å²) in [7, 11) is 0. The lowest BCUT2D eigenvalue weighted by Gasteiger charge is -2.18. The van der Waals surface area contributed by atoms with Crippen LogP contribution in [0.25, 0.3) is 0 Å². The van der Waals surface area contributed by atoms with Crippen LogP contribution < -0.4 is 10.6 Å². The van der Waals surface area contributed by atoms with Crippen LogP contribution in [0.2, 0.25) is 0 Å². The van der Waals surface area contributed by atoms with Crippen LogP contribution >= 0.6 is 11.8 Å². The number of amides is 2. The number of esters is 1. The molecule has 0 saturated heterocycles. The summed E-state index contributed by atoms with van der Waals surface area (Å²) in [6.45, 7) is 2.07. The minimum atomic E-state index is -0.667. The summed E-state index contributed by atoms with van der Waals surface area (Å²) in [5, 5.41) is 5.52. The number of ether oxygens (including phenoxy) is 1. The standard InChI is InChI=1S/C20H24N2O5S/c1-3-26-20(25)17-10-9-15(27-17)13-21-19(24)16(11-12-28-2)22-18(23)14-7-5-4-6-8-14/h4-10,16H,3,11-13H2,1-2H3,(H,21,24)(H,22,23)/t16-/m1/s1. The van der Waals surface area contributed by atoms with Crippen LogP contribution in [-0.4, -0.2) is 42.4 Å². The minimum Gasteiger partial charge on any atom is -0.460 e. The Morgan fingerprint density at radius 2 is 1.89 bits per heavy atom. The van der Waals surface area contributed by atoms with E-state index in [2.05, 4.69) is 10.6 Å². The Bertz CT molecular complexity index is 791. The average molecular weight is 404 g/mol. The topological polar surface area (TPSA) is 97.6 Å². The van der Waals surface area contributed by atoms with E-state index < -0.39 is 12.0 Å². The molecule has 28 heavy (non-hydrogen) atoms. The van der Waals surface area contributed by atoms with E-state index in [1.165, 1.54) is 6.07 Å². The van der Waals surface area contributed by atoms with Gasteiger partial charge in [0.05, 0.1) is 13.2 Å². The molecule has 0 fully saturated rings. The van der Waals surface area contributed by atoms with Crippen molar-refractivity contribution < 1.29 is 23.5 Å². The van der Waals surface area contributed by atoms with E-state index in [0.717, 1.165) is 5.75 Å². The molecule has 1 heterocycles. The zero-order valence-corrected chi connectivity index (χ0v) is 16.7. The normalized spacial score (nSPS) is 11.5. The van der Waals surface area contributed by atoms with Crippen molar-refractivity contribution in [2.75, 3.05) is 18.6 Å². The van der Waals surface area contributed by atoms with Crippen LogP contribution in [0.4, 0.5) is 0 Å². The van der Waals surface area contributed by atoms with Crippen LogP contribution in [0.5, 0.6) is 0 Å². The minimum absolute atomic E-state index is 0.0856. The van der Waals surface area contributed by atoms with Crippen molar-refractivity contribution in [1.29, 1.82) is 0 Å². The van der Waals surface area contributed by atoms with Crippen molar-refractivity contribution in [2.45, 2.75) is 25.9 Å². The van der Waals surface area contributed by atoms with E-state index >= 15 is 0 Å². The molecule has 0 radical (unpaired) electrons. The van der Waals surface area contributed by atoms with Gasteiger partial charge in [0.15, 0.2) is 0 Å². The highest BCUT2D eigenvalue weighted by atomic mass is 32.2. The first kappa shape index (κ1) is 21.6. The number of benzene rings is 1. The van der Waals surface area contributed by atoms with E-state index in [4.69, 9.17) is 9.15 Å². The molecule has 8 heteroatoms. The summed E-state index contributed by atoms with van der Waals surface area (Å²) >= 11 is 1.59. The van der Waals surface area contributed by atoms with E-state index in [0.29, 0.717) is 17.7 Å². The molecule has 1 aromatic carbocycles. The molecule has 0 spiro atoms. The fourth-order valence-electron chi connectivity index (χ4n) is 2.42. The molecule has 7 nitrogen and oxygen atoms in total. The molecule has 0 unspecified atom stereocenters. The molecule has 0 aliphatic rings. The van der Waals surface area contributed by atoms with E-state index in [1.807, 2.05) is 12.3 Å². The molecule has 1 atom stereocenters. The molecule has 0 aliphatic heterocycles.